The molecule has 7 nitrogen and oxygen atoms in total. The van der Waals surface area contributed by atoms with Gasteiger partial charge in [-0.1, -0.05) is 18.1 Å². The quantitative estimate of drug-likeness (QED) is 0.272. The van der Waals surface area contributed by atoms with Crippen LogP contribution in [0.15, 0.2) is 48.8 Å². The Kier molecular flexibility index (Phi) is 5.64. The van der Waals surface area contributed by atoms with Gasteiger partial charge in [-0.15, -0.1) is 0 Å². The van der Waals surface area contributed by atoms with Crippen LogP contribution in [0, 0.1) is 11.8 Å². The zero-order valence-electron chi connectivity index (χ0n) is 16.6. The predicted octanol–water partition coefficient (Wildman–Crippen LogP) is 2.75. The number of imidazole rings is 2. The Labute approximate surface area is 187 Å². The molecule has 0 radical (unpaired) electrons. The van der Waals surface area contributed by atoms with Crippen LogP contribution in [0.2, 0.25) is 0 Å². The van der Waals surface area contributed by atoms with Gasteiger partial charge in [0.05, 0.1) is 18.1 Å². The highest BCUT2D eigenvalue weighted by Gasteiger charge is 2.18. The van der Waals surface area contributed by atoms with Crippen molar-refractivity contribution in [1.29, 1.82) is 0 Å². The van der Waals surface area contributed by atoms with E-state index in [1.54, 1.807) is 12.4 Å². The molecule has 1 aliphatic rings. The molecule has 9 heteroatoms. The summed E-state index contributed by atoms with van der Waals surface area (Å²) in [6.45, 7) is 0.459. The average molecular weight is 458 g/mol. The van der Waals surface area contributed by atoms with Gasteiger partial charge in [-0.05, 0) is 46.9 Å². The Hall–Kier alpha value is -3.58. The van der Waals surface area contributed by atoms with Gasteiger partial charge in [0.2, 0.25) is 0 Å². The number of carbonyl (C=O) groups is 2. The SMILES string of the molecule is O=CPc1ncc(C#Cc2ccc3c(c2)OCc2cc(-c4cnc(PC=O)[nH]4)ccc2-3)[nH]1. The predicted molar refractivity (Wildman–Crippen MR) is 128 cm³/mol. The molecule has 3 heterocycles. The Balaban J connectivity index is 1.40. The number of benzene rings is 2. The number of aromatic nitrogens is 4. The van der Waals surface area contributed by atoms with Gasteiger partial charge in [-0.2, -0.15) is 0 Å². The topological polar surface area (TPSA) is 101 Å². The largest absolute Gasteiger partial charge is 0.488 e. The summed E-state index contributed by atoms with van der Waals surface area (Å²) in [6, 6.07) is 13.8. The van der Waals surface area contributed by atoms with Crippen molar-refractivity contribution in [2.24, 2.45) is 0 Å². The first kappa shape index (κ1) is 20.3. The molecule has 32 heavy (non-hydrogen) atoms. The van der Waals surface area contributed by atoms with Gasteiger partial charge in [0.15, 0.2) is 0 Å². The van der Waals surface area contributed by atoms with Gasteiger partial charge in [0, 0.05) is 28.3 Å². The molecule has 0 saturated carbocycles. The van der Waals surface area contributed by atoms with Crippen LogP contribution in [0.1, 0.15) is 16.8 Å². The molecular formula is C23H16N4O3P2. The summed E-state index contributed by atoms with van der Waals surface area (Å²) in [7, 11) is 0.0250. The molecular weight excluding hydrogens is 442 g/mol. The van der Waals surface area contributed by atoms with Crippen LogP contribution in [0.3, 0.4) is 0 Å². The number of carbonyl (C=O) groups excluding carboxylic acids is 2. The molecule has 2 aromatic heterocycles. The molecule has 1 aliphatic heterocycles. The molecule has 0 aliphatic carbocycles. The minimum atomic E-state index is 0.00199. The van der Waals surface area contributed by atoms with Crippen molar-refractivity contribution < 1.29 is 14.3 Å². The number of ether oxygens (including phenoxy) is 1. The van der Waals surface area contributed by atoms with Gasteiger partial charge in [0.1, 0.15) is 41.2 Å². The van der Waals surface area contributed by atoms with E-state index in [9.17, 15) is 9.59 Å². The summed E-state index contributed by atoms with van der Waals surface area (Å²) in [5.41, 5.74) is 7.92. The van der Waals surface area contributed by atoms with Gasteiger partial charge in [0.25, 0.3) is 0 Å². The highest BCUT2D eigenvalue weighted by Crippen LogP contribution is 2.39. The van der Waals surface area contributed by atoms with Crippen LogP contribution in [0.5, 0.6) is 5.75 Å². The van der Waals surface area contributed by atoms with E-state index in [0.717, 1.165) is 51.3 Å². The van der Waals surface area contributed by atoms with Gasteiger partial charge >= 0.3 is 0 Å². The van der Waals surface area contributed by atoms with Crippen LogP contribution in [-0.2, 0) is 16.2 Å². The number of nitrogens with zero attached hydrogens (tertiary/aromatic N) is 2. The second-order valence-electron chi connectivity index (χ2n) is 6.94. The highest BCUT2D eigenvalue weighted by molar-refractivity contribution is 7.62. The molecule has 2 unspecified atom stereocenters. The summed E-state index contributed by atoms with van der Waals surface area (Å²) < 4.78 is 6.02. The normalized spacial score (nSPS) is 12.2. The summed E-state index contributed by atoms with van der Waals surface area (Å²) >= 11 is 0. The lowest BCUT2D eigenvalue weighted by molar-refractivity contribution is 0.302. The third kappa shape index (κ3) is 4.11. The maximum absolute atomic E-state index is 10.7. The van der Waals surface area contributed by atoms with Crippen molar-refractivity contribution in [3.8, 4) is 40.0 Å². The molecule has 2 aromatic carbocycles. The molecule has 156 valence electrons. The van der Waals surface area contributed by atoms with E-state index in [2.05, 4.69) is 43.9 Å². The molecule has 0 saturated heterocycles. The lowest BCUT2D eigenvalue weighted by atomic mass is 9.94. The number of hydrogen-bond donors (Lipinski definition) is 2. The number of H-pyrrole nitrogens is 2. The molecule has 0 bridgehead atoms. The highest BCUT2D eigenvalue weighted by atomic mass is 31.1. The second kappa shape index (κ2) is 8.88. The van der Waals surface area contributed by atoms with E-state index >= 15 is 0 Å². The monoisotopic (exact) mass is 458 g/mol. The fourth-order valence-electron chi connectivity index (χ4n) is 3.49. The Bertz CT molecular complexity index is 1400. The van der Waals surface area contributed by atoms with Crippen molar-refractivity contribution >= 4 is 40.3 Å². The van der Waals surface area contributed by atoms with E-state index < -0.39 is 0 Å². The minimum Gasteiger partial charge on any atom is -0.488 e. The van der Waals surface area contributed by atoms with E-state index in [0.29, 0.717) is 23.4 Å². The van der Waals surface area contributed by atoms with Crippen LogP contribution in [-0.4, -0.2) is 32.0 Å². The number of aromatic amines is 2. The van der Waals surface area contributed by atoms with Crippen LogP contribution >= 0.6 is 17.2 Å². The third-order valence-electron chi connectivity index (χ3n) is 4.96. The van der Waals surface area contributed by atoms with Crippen LogP contribution in [0.25, 0.3) is 22.4 Å². The van der Waals surface area contributed by atoms with Crippen LogP contribution in [0.4, 0.5) is 0 Å². The smallest absolute Gasteiger partial charge is 0.146 e. The molecule has 0 spiro atoms. The summed E-state index contributed by atoms with van der Waals surface area (Å²) in [5, 5.41) is 0. The summed E-state index contributed by atoms with van der Waals surface area (Å²) in [5.74, 6) is 6.94. The van der Waals surface area contributed by atoms with Crippen LogP contribution < -0.4 is 15.9 Å². The third-order valence-corrected chi connectivity index (χ3v) is 6.25. The molecule has 5 rings (SSSR count). The number of fused-ring (bicyclic) bond motifs is 3. The lowest BCUT2D eigenvalue weighted by Crippen LogP contribution is -2.06. The van der Waals surface area contributed by atoms with Crippen molar-refractivity contribution in [1.82, 2.24) is 19.9 Å². The Morgan fingerprint density at radius 2 is 1.69 bits per heavy atom. The van der Waals surface area contributed by atoms with Gasteiger partial charge in [-0.25, -0.2) is 9.97 Å². The molecule has 4 aromatic rings. The first-order chi connectivity index (χ1) is 15.7. The molecule has 0 amide bonds. The average Bonchev–Trinajstić information content (AvgIpc) is 3.47. The zero-order chi connectivity index (χ0) is 21.9. The maximum Gasteiger partial charge on any atom is 0.146 e. The Morgan fingerprint density at radius 1 is 0.906 bits per heavy atom. The second-order valence-corrected chi connectivity index (χ2v) is 8.93. The van der Waals surface area contributed by atoms with Gasteiger partial charge in [-0.3, -0.25) is 9.59 Å². The van der Waals surface area contributed by atoms with Gasteiger partial charge < -0.3 is 14.7 Å². The maximum atomic E-state index is 10.7. The standard InChI is InChI=1S/C23H16N4O3P2/c28-12-31-22-24-9-17(26-22)4-1-14-2-5-19-18-6-3-15(8-16(18)11-30-21(19)7-14)20-10-25-23(27-20)32-13-29/h2-3,5-10,12-13,31-32H,11H2,(H,24,26)(H,25,27). The number of hydrogen-bond acceptors (Lipinski definition) is 5. The number of rotatable bonds is 5. The number of nitrogens with one attached hydrogen (secondary N) is 2. The molecule has 2 atom stereocenters. The van der Waals surface area contributed by atoms with E-state index in [1.165, 1.54) is 0 Å². The van der Waals surface area contributed by atoms with E-state index in [4.69, 9.17) is 4.74 Å². The molecule has 2 N–H and O–H groups in total. The van der Waals surface area contributed by atoms with Crippen molar-refractivity contribution in [3.63, 3.8) is 0 Å². The fraction of sp³-hybridized carbons (Fsp3) is 0.0435. The van der Waals surface area contributed by atoms with Crippen molar-refractivity contribution in [2.45, 2.75) is 6.61 Å². The minimum absolute atomic E-state index is 0.00199. The van der Waals surface area contributed by atoms with Crippen molar-refractivity contribution in [3.05, 3.63) is 65.6 Å². The summed E-state index contributed by atoms with van der Waals surface area (Å²) in [4.78, 5) is 35.9. The van der Waals surface area contributed by atoms with Crippen molar-refractivity contribution in [2.75, 3.05) is 0 Å². The Morgan fingerprint density at radius 3 is 2.53 bits per heavy atom. The lowest BCUT2D eigenvalue weighted by Gasteiger charge is -2.21. The molecule has 0 fully saturated rings. The zero-order valence-corrected chi connectivity index (χ0v) is 18.6. The fourth-order valence-corrected chi connectivity index (χ4v) is 4.41. The first-order valence-corrected chi connectivity index (χ1v) is 11.8. The first-order valence-electron chi connectivity index (χ1n) is 9.66. The summed E-state index contributed by atoms with van der Waals surface area (Å²) in [6.07, 6.45) is 3.38. The van der Waals surface area contributed by atoms with E-state index in [-0.39, 0.29) is 17.2 Å². The van der Waals surface area contributed by atoms with E-state index in [1.807, 2.05) is 24.3 Å².